The van der Waals surface area contributed by atoms with E-state index in [0.29, 0.717) is 5.75 Å². The number of carboxylic acid groups (broad SMARTS) is 1. The molecule has 2 aromatic rings. The number of aromatic hydroxyl groups is 1. The van der Waals surface area contributed by atoms with Gasteiger partial charge in [0.05, 0.1) is 6.42 Å². The van der Waals surface area contributed by atoms with Crippen LogP contribution in [-0.2, 0) is 17.0 Å². The van der Waals surface area contributed by atoms with E-state index < -0.39 is 5.97 Å². The molecule has 0 fully saturated rings. The highest BCUT2D eigenvalue weighted by Crippen LogP contribution is 2.31. The fourth-order valence-corrected chi connectivity index (χ4v) is 2.75. The van der Waals surface area contributed by atoms with Crippen LogP contribution in [0.2, 0.25) is 0 Å². The van der Waals surface area contributed by atoms with Gasteiger partial charge in [0.2, 0.25) is 0 Å². The SMILES string of the molecule is O=C(O)Cc1ccccc1CSc1ccccc1O. The average molecular weight is 274 g/mol. The van der Waals surface area contributed by atoms with Gasteiger partial charge in [-0.15, -0.1) is 11.8 Å². The maximum absolute atomic E-state index is 10.8. The third kappa shape index (κ3) is 3.76. The maximum atomic E-state index is 10.8. The third-order valence-corrected chi connectivity index (χ3v) is 3.82. The van der Waals surface area contributed by atoms with Gasteiger partial charge in [0.15, 0.2) is 0 Å². The second-order valence-electron chi connectivity index (χ2n) is 4.10. The number of hydrogen-bond acceptors (Lipinski definition) is 3. The van der Waals surface area contributed by atoms with Crippen LogP contribution in [0.1, 0.15) is 11.1 Å². The summed E-state index contributed by atoms with van der Waals surface area (Å²) in [6.07, 6.45) is 0.0253. The van der Waals surface area contributed by atoms with Crippen molar-refractivity contribution in [1.29, 1.82) is 0 Å². The van der Waals surface area contributed by atoms with E-state index in [9.17, 15) is 9.90 Å². The molecule has 0 heterocycles. The van der Waals surface area contributed by atoms with Crippen LogP contribution < -0.4 is 0 Å². The number of benzene rings is 2. The van der Waals surface area contributed by atoms with Gasteiger partial charge in [0.25, 0.3) is 0 Å². The molecule has 0 saturated carbocycles. The molecule has 0 bridgehead atoms. The molecule has 0 saturated heterocycles. The van der Waals surface area contributed by atoms with Crippen molar-refractivity contribution in [3.8, 4) is 5.75 Å². The fraction of sp³-hybridized carbons (Fsp3) is 0.133. The lowest BCUT2D eigenvalue weighted by Gasteiger charge is -2.08. The number of aliphatic carboxylic acids is 1. The summed E-state index contributed by atoms with van der Waals surface area (Å²) in [4.78, 5) is 11.6. The lowest BCUT2D eigenvalue weighted by molar-refractivity contribution is -0.136. The Bertz CT molecular complexity index is 581. The van der Waals surface area contributed by atoms with Crippen LogP contribution in [-0.4, -0.2) is 16.2 Å². The Morgan fingerprint density at radius 1 is 1.00 bits per heavy atom. The summed E-state index contributed by atoms with van der Waals surface area (Å²) < 4.78 is 0. The predicted molar refractivity (Wildman–Crippen MR) is 75.4 cm³/mol. The summed E-state index contributed by atoms with van der Waals surface area (Å²) in [5.74, 6) is 0.0596. The van der Waals surface area contributed by atoms with Crippen molar-refractivity contribution in [3.63, 3.8) is 0 Å². The zero-order chi connectivity index (χ0) is 13.7. The summed E-state index contributed by atoms with van der Waals surface area (Å²) >= 11 is 1.50. The highest BCUT2D eigenvalue weighted by atomic mass is 32.2. The van der Waals surface area contributed by atoms with E-state index in [1.54, 1.807) is 12.1 Å². The maximum Gasteiger partial charge on any atom is 0.307 e. The molecule has 4 heteroatoms. The minimum atomic E-state index is -0.833. The van der Waals surface area contributed by atoms with Crippen molar-refractivity contribution in [1.82, 2.24) is 0 Å². The number of para-hydroxylation sites is 1. The molecule has 2 aromatic carbocycles. The Kier molecular flexibility index (Phi) is 4.47. The van der Waals surface area contributed by atoms with Crippen LogP contribution in [0.4, 0.5) is 0 Å². The molecular weight excluding hydrogens is 260 g/mol. The van der Waals surface area contributed by atoms with Gasteiger partial charge in [0, 0.05) is 10.6 Å². The minimum Gasteiger partial charge on any atom is -0.507 e. The van der Waals surface area contributed by atoms with Crippen LogP contribution in [0.3, 0.4) is 0 Å². The van der Waals surface area contributed by atoms with Crippen molar-refractivity contribution in [3.05, 3.63) is 59.7 Å². The second-order valence-corrected chi connectivity index (χ2v) is 5.11. The summed E-state index contributed by atoms with van der Waals surface area (Å²) in [7, 11) is 0. The van der Waals surface area contributed by atoms with Crippen molar-refractivity contribution < 1.29 is 15.0 Å². The molecule has 3 nitrogen and oxygen atoms in total. The van der Waals surface area contributed by atoms with Gasteiger partial charge in [-0.25, -0.2) is 0 Å². The Hall–Kier alpha value is -1.94. The van der Waals surface area contributed by atoms with Crippen molar-refractivity contribution in [2.45, 2.75) is 17.1 Å². The first-order valence-corrected chi connectivity index (χ1v) is 6.85. The number of rotatable bonds is 5. The molecule has 2 N–H and O–H groups in total. The van der Waals surface area contributed by atoms with Crippen molar-refractivity contribution in [2.24, 2.45) is 0 Å². The van der Waals surface area contributed by atoms with Crippen LogP contribution in [0.25, 0.3) is 0 Å². The molecule has 0 aliphatic rings. The molecule has 0 aliphatic heterocycles. The van der Waals surface area contributed by atoms with Gasteiger partial charge in [-0.05, 0) is 23.3 Å². The van der Waals surface area contributed by atoms with E-state index >= 15 is 0 Å². The van der Waals surface area contributed by atoms with E-state index in [1.807, 2.05) is 36.4 Å². The normalized spacial score (nSPS) is 10.3. The van der Waals surface area contributed by atoms with E-state index in [0.717, 1.165) is 16.0 Å². The number of hydrogen-bond donors (Lipinski definition) is 2. The van der Waals surface area contributed by atoms with Crippen LogP contribution in [0.5, 0.6) is 5.75 Å². The fourth-order valence-electron chi connectivity index (χ4n) is 1.77. The quantitative estimate of drug-likeness (QED) is 0.821. The van der Waals surface area contributed by atoms with E-state index in [4.69, 9.17) is 5.11 Å². The lowest BCUT2D eigenvalue weighted by Crippen LogP contribution is -2.02. The number of phenols is 1. The highest BCUT2D eigenvalue weighted by Gasteiger charge is 2.07. The molecule has 0 aliphatic carbocycles. The molecular formula is C15H14O3S. The first kappa shape index (κ1) is 13.5. The topological polar surface area (TPSA) is 57.5 Å². The first-order chi connectivity index (χ1) is 9.16. The van der Waals surface area contributed by atoms with Gasteiger partial charge in [-0.2, -0.15) is 0 Å². The zero-order valence-electron chi connectivity index (χ0n) is 10.2. The largest absolute Gasteiger partial charge is 0.507 e. The second kappa shape index (κ2) is 6.29. The standard InChI is InChI=1S/C15H14O3S/c16-13-7-3-4-8-14(13)19-10-12-6-2-1-5-11(12)9-15(17)18/h1-8,16H,9-10H2,(H,17,18). The summed E-state index contributed by atoms with van der Waals surface area (Å²) in [5.41, 5.74) is 1.80. The Morgan fingerprint density at radius 2 is 1.63 bits per heavy atom. The molecule has 0 spiro atoms. The smallest absolute Gasteiger partial charge is 0.307 e. The predicted octanol–water partition coefficient (Wildman–Crippen LogP) is 3.31. The van der Waals surface area contributed by atoms with Crippen LogP contribution >= 0.6 is 11.8 Å². The van der Waals surface area contributed by atoms with Gasteiger partial charge in [-0.1, -0.05) is 36.4 Å². The monoisotopic (exact) mass is 274 g/mol. The average Bonchev–Trinajstić information content (AvgIpc) is 2.39. The number of carboxylic acids is 1. The molecule has 0 unspecified atom stereocenters. The third-order valence-electron chi connectivity index (χ3n) is 2.71. The Balaban J connectivity index is 2.11. The molecule has 0 aromatic heterocycles. The van der Waals surface area contributed by atoms with E-state index in [1.165, 1.54) is 11.8 Å². The van der Waals surface area contributed by atoms with Crippen LogP contribution in [0.15, 0.2) is 53.4 Å². The molecule has 0 amide bonds. The van der Waals surface area contributed by atoms with Gasteiger partial charge in [-0.3, -0.25) is 4.79 Å². The first-order valence-electron chi connectivity index (χ1n) is 5.86. The Labute approximate surface area is 115 Å². The van der Waals surface area contributed by atoms with Gasteiger partial charge < -0.3 is 10.2 Å². The molecule has 0 radical (unpaired) electrons. The summed E-state index contributed by atoms with van der Waals surface area (Å²) in [6, 6.07) is 14.6. The van der Waals surface area contributed by atoms with Gasteiger partial charge in [0.1, 0.15) is 5.75 Å². The summed E-state index contributed by atoms with van der Waals surface area (Å²) in [6.45, 7) is 0. The Morgan fingerprint density at radius 3 is 2.32 bits per heavy atom. The summed E-state index contributed by atoms with van der Waals surface area (Å²) in [5, 5.41) is 18.6. The van der Waals surface area contributed by atoms with Crippen molar-refractivity contribution in [2.75, 3.05) is 0 Å². The highest BCUT2D eigenvalue weighted by molar-refractivity contribution is 7.98. The number of thioether (sulfide) groups is 1. The number of carbonyl (C=O) groups is 1. The van der Waals surface area contributed by atoms with Crippen molar-refractivity contribution >= 4 is 17.7 Å². The molecule has 2 rings (SSSR count). The molecule has 98 valence electrons. The van der Waals surface area contributed by atoms with Gasteiger partial charge >= 0.3 is 5.97 Å². The van der Waals surface area contributed by atoms with E-state index in [-0.39, 0.29) is 12.2 Å². The van der Waals surface area contributed by atoms with Crippen LogP contribution in [0, 0.1) is 0 Å². The molecule has 19 heavy (non-hydrogen) atoms. The zero-order valence-corrected chi connectivity index (χ0v) is 11.1. The van der Waals surface area contributed by atoms with E-state index in [2.05, 4.69) is 0 Å². The molecule has 0 atom stereocenters. The minimum absolute atomic E-state index is 0.0253. The lowest BCUT2D eigenvalue weighted by atomic mass is 10.1. The number of phenolic OH excluding ortho intramolecular Hbond substituents is 1.